The molecule has 3 heterocycles. The number of pyridine rings is 1. The Hall–Kier alpha value is -3.43. The van der Waals surface area contributed by atoms with Gasteiger partial charge in [-0.3, -0.25) is 0 Å². The van der Waals surface area contributed by atoms with Crippen molar-refractivity contribution in [1.29, 1.82) is 0 Å². The zero-order chi connectivity index (χ0) is 34.8. The van der Waals surface area contributed by atoms with Crippen LogP contribution in [0.15, 0.2) is 72.9 Å². The summed E-state index contributed by atoms with van der Waals surface area (Å²) in [6.45, 7) is 4.49. The minimum absolute atomic E-state index is 0.00456. The van der Waals surface area contributed by atoms with Crippen molar-refractivity contribution >= 4 is 22.5 Å². The fourth-order valence-electron chi connectivity index (χ4n) is 8.75. The number of ether oxygens (including phenoxy) is 1. The van der Waals surface area contributed by atoms with Crippen LogP contribution in [0.25, 0.3) is 16.7 Å². The Kier molecular flexibility index (Phi) is 6.98. The van der Waals surface area contributed by atoms with Gasteiger partial charge in [0.25, 0.3) is 0 Å². The number of rotatable bonds is 4. The molecule has 3 aromatic carbocycles. The van der Waals surface area contributed by atoms with Gasteiger partial charge in [0.1, 0.15) is 0 Å². The maximum absolute atomic E-state index is 8.22. The van der Waals surface area contributed by atoms with Crippen LogP contribution < -0.4 is 9.64 Å². The van der Waals surface area contributed by atoms with E-state index in [-0.39, 0.29) is 11.0 Å². The van der Waals surface area contributed by atoms with Gasteiger partial charge in [0.05, 0.1) is 0 Å². The van der Waals surface area contributed by atoms with Gasteiger partial charge >= 0.3 is 213 Å². The molecule has 0 bridgehead atoms. The predicted molar refractivity (Wildman–Crippen MR) is 185 cm³/mol. The molecule has 0 N–H and O–H groups in total. The van der Waals surface area contributed by atoms with E-state index in [2.05, 4.69) is 81.4 Å². The summed E-state index contributed by atoms with van der Waals surface area (Å²) in [5.41, 5.74) is 5.90. The molecule has 6 heteroatoms. The van der Waals surface area contributed by atoms with Crippen molar-refractivity contribution in [2.45, 2.75) is 95.4 Å². The molecule has 5 aromatic rings. The topological polar surface area (TPSA) is 35.2 Å². The van der Waals surface area contributed by atoms with E-state index < -0.39 is 6.98 Å². The number of hydrogen-bond acceptors (Lipinski definition) is 3. The normalized spacial score (nSPS) is 21.9. The molecule has 2 atom stereocenters. The van der Waals surface area contributed by atoms with Crippen LogP contribution >= 0.6 is 0 Å². The Labute approximate surface area is 294 Å². The molecule has 1 spiro atoms. The van der Waals surface area contributed by atoms with Crippen LogP contribution in [0.4, 0.5) is 11.5 Å². The Bertz CT molecular complexity index is 2120. The zero-order valence-electron chi connectivity index (χ0n) is 30.5. The molecule has 2 fully saturated rings. The molecule has 2 saturated carbocycles. The molecule has 0 saturated heterocycles. The van der Waals surface area contributed by atoms with Crippen molar-refractivity contribution in [2.24, 2.45) is 12.9 Å². The summed E-state index contributed by atoms with van der Waals surface area (Å²) < 4.78 is 35.2. The number of imidazole rings is 1. The van der Waals surface area contributed by atoms with Gasteiger partial charge in [-0.05, 0) is 23.5 Å². The van der Waals surface area contributed by atoms with E-state index in [1.165, 1.54) is 73.5 Å². The third-order valence-corrected chi connectivity index (χ3v) is 11.9. The zero-order valence-corrected chi connectivity index (χ0v) is 29.7. The number of anilines is 2. The second-order valence-corrected chi connectivity index (χ2v) is 15.7. The fraction of sp³-hybridized carbons (Fsp3) is 0.415. The summed E-state index contributed by atoms with van der Waals surface area (Å²) >= 11 is 2.10. The quantitative estimate of drug-likeness (QED) is 0.170. The van der Waals surface area contributed by atoms with Crippen LogP contribution in [0.1, 0.15) is 99.7 Å². The van der Waals surface area contributed by atoms with Gasteiger partial charge in [0.15, 0.2) is 0 Å². The number of fused-ring (bicyclic) bond motifs is 5. The molecule has 2 aliphatic carbocycles. The summed E-state index contributed by atoms with van der Waals surface area (Å²) in [7, 11) is 0. The van der Waals surface area contributed by atoms with Crippen LogP contribution in [0, 0.1) is 21.9 Å². The van der Waals surface area contributed by atoms with Crippen LogP contribution in [0.2, 0.25) is 0 Å². The van der Waals surface area contributed by atoms with E-state index in [9.17, 15) is 0 Å². The monoisotopic (exact) mass is 806 g/mol. The number of aryl methyl sites for hydroxylation is 1. The van der Waals surface area contributed by atoms with Crippen molar-refractivity contribution in [3.8, 4) is 17.2 Å². The van der Waals surface area contributed by atoms with Crippen LogP contribution in [0.5, 0.6) is 11.5 Å². The molecule has 8 rings (SSSR count). The van der Waals surface area contributed by atoms with Crippen molar-refractivity contribution in [3.63, 3.8) is 0 Å². The van der Waals surface area contributed by atoms with Gasteiger partial charge in [0.2, 0.25) is 0 Å². The molecular formula is C41H44N4OPt-2. The van der Waals surface area contributed by atoms with Crippen molar-refractivity contribution in [2.75, 3.05) is 4.90 Å². The first-order valence-corrected chi connectivity index (χ1v) is 18.3. The number of para-hydroxylation sites is 2. The number of hydrogen-bond donors (Lipinski definition) is 0. The van der Waals surface area contributed by atoms with Gasteiger partial charge in [-0.15, -0.1) is 0 Å². The summed E-state index contributed by atoms with van der Waals surface area (Å²) in [6.07, 6.45) is 13.1. The van der Waals surface area contributed by atoms with E-state index >= 15 is 0 Å². The maximum atomic E-state index is 8.22. The molecule has 0 amide bonds. The molecule has 47 heavy (non-hydrogen) atoms. The summed E-state index contributed by atoms with van der Waals surface area (Å²) in [5, 5.41) is 0. The number of benzene rings is 3. The number of aromatic nitrogens is 3. The summed E-state index contributed by atoms with van der Waals surface area (Å²) in [5.74, 6) is 3.30. The fourth-order valence-corrected chi connectivity index (χ4v) is 9.58. The van der Waals surface area contributed by atoms with Gasteiger partial charge < -0.3 is 0 Å². The molecule has 5 nitrogen and oxygen atoms in total. The van der Waals surface area contributed by atoms with Crippen LogP contribution in [0.3, 0.4) is 0 Å². The SMILES string of the molecule is [2H]C([2H])([2H])n1[c](=[Pt])n(-c2[c-]c(Oc3[c-]c4c(cc3)C3CCCCC3C3(CCCCC3)N4c3cc(C(C)(C)C)ccn3)ccc2)c2ccccc21. The predicted octanol–water partition coefficient (Wildman–Crippen LogP) is 10.3. The molecule has 3 aliphatic rings. The van der Waals surface area contributed by atoms with E-state index in [0.717, 1.165) is 17.0 Å². The van der Waals surface area contributed by atoms with Gasteiger partial charge in [-0.2, -0.15) is 0 Å². The Morgan fingerprint density at radius 1 is 0.894 bits per heavy atom. The van der Waals surface area contributed by atoms with E-state index in [1.54, 1.807) is 0 Å². The first kappa shape index (κ1) is 27.5. The van der Waals surface area contributed by atoms with Crippen LogP contribution in [-0.2, 0) is 31.7 Å². The third kappa shape index (κ3) is 5.25. The van der Waals surface area contributed by atoms with Crippen LogP contribution in [-0.4, -0.2) is 19.7 Å². The molecule has 246 valence electrons. The minimum atomic E-state index is -2.33. The van der Waals surface area contributed by atoms with Gasteiger partial charge in [0, 0.05) is 6.20 Å². The van der Waals surface area contributed by atoms with Crippen molar-refractivity contribution in [1.82, 2.24) is 14.1 Å². The summed E-state index contributed by atoms with van der Waals surface area (Å²) in [4.78, 5) is 7.68. The Morgan fingerprint density at radius 3 is 2.49 bits per heavy atom. The Morgan fingerprint density at radius 2 is 1.68 bits per heavy atom. The average molecular weight is 807 g/mol. The average Bonchev–Trinajstić information content (AvgIpc) is 3.41. The molecular weight excluding hydrogens is 760 g/mol. The standard InChI is InChI=1S/C41H44N4O.Pt/c1-40(2,3)29-21-24-42-39(25-29)45-38-27-32(19-20-34(38)33-15-6-7-16-35(33)41(45)22-10-5-11-23-41)46-31-14-12-13-30(26-31)44-28-43(4)36-17-8-9-18-37(36)44;/h8-9,12-14,17-21,24-25,33,35H,5-7,10-11,15-16,22-23H2,1-4H3;/q-2;/i4D3;. The number of nitrogens with zero attached hydrogens (tertiary/aromatic N) is 4. The molecule has 1 aliphatic heterocycles. The Balaban J connectivity index is 1.24. The van der Waals surface area contributed by atoms with E-state index in [0.29, 0.717) is 38.3 Å². The molecule has 0 radical (unpaired) electrons. The molecule has 2 unspecified atom stereocenters. The first-order valence-electron chi connectivity index (χ1n) is 18.7. The van der Waals surface area contributed by atoms with Crippen molar-refractivity contribution in [3.05, 3.63) is 100.0 Å². The first-order chi connectivity index (χ1) is 24.0. The third-order valence-electron chi connectivity index (χ3n) is 10.9. The van der Waals surface area contributed by atoms with Gasteiger partial charge in [-0.25, -0.2) is 0 Å². The van der Waals surface area contributed by atoms with Gasteiger partial charge in [-0.1, -0.05) is 52.9 Å². The second kappa shape index (κ2) is 11.9. The van der Waals surface area contributed by atoms with Crippen molar-refractivity contribution < 1.29 is 28.2 Å². The molecule has 2 aromatic heterocycles. The second-order valence-electron chi connectivity index (χ2n) is 14.7. The van der Waals surface area contributed by atoms with E-state index in [4.69, 9.17) is 13.8 Å². The summed E-state index contributed by atoms with van der Waals surface area (Å²) in [6, 6.07) is 29.4. The van der Waals surface area contributed by atoms with E-state index in [1.807, 2.05) is 53.2 Å².